The fourth-order valence-electron chi connectivity index (χ4n) is 1.99. The van der Waals surface area contributed by atoms with Crippen LogP contribution in [0.25, 0.3) is 0 Å². The quantitative estimate of drug-likeness (QED) is 0.290. The smallest absolute Gasteiger partial charge is 0.129 e. The first-order valence-electron chi connectivity index (χ1n) is 8.21. The number of carbonyl (C=O) groups is 1. The van der Waals surface area contributed by atoms with E-state index >= 15 is 0 Å². The molecule has 0 unspecified atom stereocenters. The van der Waals surface area contributed by atoms with Gasteiger partial charge in [-0.05, 0) is 45.4 Å². The number of unbranched alkanes of at least 4 members (excludes halogenated alkanes) is 5. The minimum absolute atomic E-state index is 0.325. The van der Waals surface area contributed by atoms with Crippen LogP contribution in [0.4, 0.5) is 0 Å². The minimum atomic E-state index is 0.325. The molecule has 1 nitrogen and oxygen atoms in total. The van der Waals surface area contributed by atoms with E-state index in [1.165, 1.54) is 32.1 Å². The van der Waals surface area contributed by atoms with Crippen molar-refractivity contribution in [3.8, 4) is 0 Å². The Hall–Kier alpha value is -1.11. The molecule has 0 bridgehead atoms. The zero-order chi connectivity index (χ0) is 14.9. The van der Waals surface area contributed by atoms with E-state index in [0.717, 1.165) is 32.1 Å². The predicted molar refractivity (Wildman–Crippen MR) is 89.9 cm³/mol. The van der Waals surface area contributed by atoms with E-state index in [-0.39, 0.29) is 0 Å². The van der Waals surface area contributed by atoms with E-state index in [1.54, 1.807) is 6.92 Å². The van der Waals surface area contributed by atoms with E-state index in [4.69, 9.17) is 0 Å². The fourth-order valence-corrected chi connectivity index (χ4v) is 1.99. The summed E-state index contributed by atoms with van der Waals surface area (Å²) >= 11 is 0. The molecule has 0 spiro atoms. The van der Waals surface area contributed by atoms with E-state index in [1.807, 2.05) is 0 Å². The highest BCUT2D eigenvalue weighted by molar-refractivity contribution is 5.75. The highest BCUT2D eigenvalue weighted by Gasteiger charge is 1.93. The Kier molecular flexibility index (Phi) is 15.1. The molecule has 0 aliphatic heterocycles. The lowest BCUT2D eigenvalue weighted by Gasteiger charge is -1.98. The molecule has 0 amide bonds. The van der Waals surface area contributed by atoms with Crippen LogP contribution in [-0.4, -0.2) is 5.78 Å². The second-order valence-electron chi connectivity index (χ2n) is 5.30. The summed E-state index contributed by atoms with van der Waals surface area (Å²) in [5.74, 6) is 0.325. The normalized spacial score (nSPS) is 12.1. The molecule has 0 rings (SSSR count). The molecule has 0 radical (unpaired) electrons. The van der Waals surface area contributed by atoms with Crippen molar-refractivity contribution in [1.29, 1.82) is 0 Å². The van der Waals surface area contributed by atoms with Crippen molar-refractivity contribution in [1.82, 2.24) is 0 Å². The van der Waals surface area contributed by atoms with Gasteiger partial charge in [-0.3, -0.25) is 0 Å². The van der Waals surface area contributed by atoms with Crippen LogP contribution in [0.5, 0.6) is 0 Å². The summed E-state index contributed by atoms with van der Waals surface area (Å²) in [4.78, 5) is 10.8. The first-order chi connectivity index (χ1) is 9.77. The number of hydrogen-bond acceptors (Lipinski definition) is 1. The molecule has 0 saturated heterocycles. The molecule has 0 N–H and O–H groups in total. The van der Waals surface area contributed by atoms with Gasteiger partial charge in [0.15, 0.2) is 0 Å². The Labute approximate surface area is 125 Å². The summed E-state index contributed by atoms with van der Waals surface area (Å²) in [5.41, 5.74) is 0. The third-order valence-corrected chi connectivity index (χ3v) is 3.18. The summed E-state index contributed by atoms with van der Waals surface area (Å²) in [7, 11) is 0. The SMILES string of the molecule is CC/C=C/C/C=C/C/C=C/CCCCCCCC(C)=O. The Bertz CT molecular complexity index is 297. The molecule has 0 heterocycles. The summed E-state index contributed by atoms with van der Waals surface area (Å²) in [6.07, 6.45) is 24.7. The molecule has 0 aromatic rings. The van der Waals surface area contributed by atoms with Crippen LogP contribution < -0.4 is 0 Å². The number of hydrogen-bond donors (Lipinski definition) is 0. The monoisotopic (exact) mass is 276 g/mol. The predicted octanol–water partition coefficient (Wildman–Crippen LogP) is 6.16. The molecule has 0 aliphatic rings. The van der Waals surface area contributed by atoms with Crippen molar-refractivity contribution in [3.63, 3.8) is 0 Å². The molecule has 1 heteroatoms. The maximum atomic E-state index is 10.8. The van der Waals surface area contributed by atoms with Crippen LogP contribution in [0.1, 0.15) is 78.1 Å². The van der Waals surface area contributed by atoms with Gasteiger partial charge in [-0.25, -0.2) is 0 Å². The van der Waals surface area contributed by atoms with Gasteiger partial charge in [0.25, 0.3) is 0 Å². The van der Waals surface area contributed by atoms with Crippen molar-refractivity contribution >= 4 is 5.78 Å². The molecule has 0 aliphatic carbocycles. The zero-order valence-electron chi connectivity index (χ0n) is 13.4. The van der Waals surface area contributed by atoms with Crippen molar-refractivity contribution in [3.05, 3.63) is 36.5 Å². The fraction of sp³-hybridized carbons (Fsp3) is 0.632. The van der Waals surface area contributed by atoms with Gasteiger partial charge in [-0.1, -0.05) is 62.6 Å². The van der Waals surface area contributed by atoms with E-state index in [9.17, 15) is 4.79 Å². The molecular weight excluding hydrogens is 244 g/mol. The largest absolute Gasteiger partial charge is 0.300 e. The van der Waals surface area contributed by atoms with Gasteiger partial charge in [0.1, 0.15) is 5.78 Å². The number of carbonyl (C=O) groups excluding carboxylic acids is 1. The lowest BCUT2D eigenvalue weighted by molar-refractivity contribution is -0.117. The maximum absolute atomic E-state index is 10.8. The number of Topliss-reactive ketones (excluding diaryl/α,β-unsaturated/α-hetero) is 1. The van der Waals surface area contributed by atoms with Gasteiger partial charge < -0.3 is 4.79 Å². The molecule has 0 fully saturated rings. The van der Waals surface area contributed by atoms with Crippen LogP contribution in [-0.2, 0) is 4.79 Å². The lowest BCUT2D eigenvalue weighted by atomic mass is 10.1. The third kappa shape index (κ3) is 16.9. The topological polar surface area (TPSA) is 17.1 Å². The van der Waals surface area contributed by atoms with Crippen molar-refractivity contribution < 1.29 is 4.79 Å². The zero-order valence-corrected chi connectivity index (χ0v) is 13.4. The Morgan fingerprint density at radius 2 is 1.30 bits per heavy atom. The molecule has 0 atom stereocenters. The van der Waals surface area contributed by atoms with Crippen LogP contribution in [0.3, 0.4) is 0 Å². The molecular formula is C19H32O. The highest BCUT2D eigenvalue weighted by atomic mass is 16.1. The van der Waals surface area contributed by atoms with Crippen molar-refractivity contribution in [2.24, 2.45) is 0 Å². The van der Waals surface area contributed by atoms with Gasteiger partial charge in [0, 0.05) is 6.42 Å². The van der Waals surface area contributed by atoms with Crippen LogP contribution in [0, 0.1) is 0 Å². The average molecular weight is 276 g/mol. The highest BCUT2D eigenvalue weighted by Crippen LogP contribution is 2.08. The van der Waals surface area contributed by atoms with Gasteiger partial charge in [-0.15, -0.1) is 0 Å². The van der Waals surface area contributed by atoms with Gasteiger partial charge in [0.05, 0.1) is 0 Å². The first-order valence-corrected chi connectivity index (χ1v) is 8.21. The lowest BCUT2D eigenvalue weighted by Crippen LogP contribution is -1.89. The first kappa shape index (κ1) is 18.9. The number of rotatable bonds is 13. The summed E-state index contributed by atoms with van der Waals surface area (Å²) < 4.78 is 0. The van der Waals surface area contributed by atoms with Crippen LogP contribution in [0.2, 0.25) is 0 Å². The second kappa shape index (κ2) is 15.9. The maximum Gasteiger partial charge on any atom is 0.129 e. The number of ketones is 1. The molecule has 0 aromatic carbocycles. The Morgan fingerprint density at radius 3 is 1.95 bits per heavy atom. The average Bonchev–Trinajstić information content (AvgIpc) is 2.43. The van der Waals surface area contributed by atoms with Gasteiger partial charge >= 0.3 is 0 Å². The van der Waals surface area contributed by atoms with Gasteiger partial charge in [0.2, 0.25) is 0 Å². The van der Waals surface area contributed by atoms with Gasteiger partial charge in [-0.2, -0.15) is 0 Å². The Morgan fingerprint density at radius 1 is 0.750 bits per heavy atom. The summed E-state index contributed by atoms with van der Waals surface area (Å²) in [5, 5.41) is 0. The van der Waals surface area contributed by atoms with E-state index < -0.39 is 0 Å². The van der Waals surface area contributed by atoms with E-state index in [2.05, 4.69) is 43.4 Å². The van der Waals surface area contributed by atoms with Crippen molar-refractivity contribution in [2.75, 3.05) is 0 Å². The number of allylic oxidation sites excluding steroid dienone is 6. The summed E-state index contributed by atoms with van der Waals surface area (Å²) in [6.45, 7) is 3.84. The third-order valence-electron chi connectivity index (χ3n) is 3.18. The van der Waals surface area contributed by atoms with Crippen molar-refractivity contribution in [2.45, 2.75) is 78.1 Å². The molecule has 20 heavy (non-hydrogen) atoms. The van der Waals surface area contributed by atoms with E-state index in [0.29, 0.717) is 5.78 Å². The Balaban J connectivity index is 3.23. The standard InChI is InChI=1S/C19H32O/c1-3-4-5-6-7-8-9-10-11-12-13-14-15-16-17-18-19(2)20/h4-5,7-8,10-11H,3,6,9,12-18H2,1-2H3/b5-4+,8-7+,11-10+. The van der Waals surface area contributed by atoms with Crippen LogP contribution >= 0.6 is 0 Å². The van der Waals surface area contributed by atoms with Crippen LogP contribution in [0.15, 0.2) is 36.5 Å². The molecule has 0 saturated carbocycles. The molecule has 114 valence electrons. The minimum Gasteiger partial charge on any atom is -0.300 e. The second-order valence-corrected chi connectivity index (χ2v) is 5.30. The molecule has 0 aromatic heterocycles. The summed E-state index contributed by atoms with van der Waals surface area (Å²) in [6, 6.07) is 0.